The molecule has 0 unspecified atom stereocenters. The van der Waals surface area contributed by atoms with E-state index in [9.17, 15) is 8.42 Å². The molecule has 0 aliphatic carbocycles. The van der Waals surface area contributed by atoms with Crippen molar-refractivity contribution in [1.29, 1.82) is 5.26 Å². The SMILES string of the molecule is N#Cc1ccc(S(=O)(=O)NCCCCCCO)cn1. The highest BCUT2D eigenvalue weighted by Crippen LogP contribution is 2.07. The molecular weight excluding hydrogens is 266 g/mol. The molecule has 0 bridgehead atoms. The molecule has 104 valence electrons. The molecule has 0 atom stereocenters. The number of nitriles is 1. The summed E-state index contributed by atoms with van der Waals surface area (Å²) in [5.74, 6) is 0. The molecule has 6 nitrogen and oxygen atoms in total. The van der Waals surface area contributed by atoms with Gasteiger partial charge in [-0.3, -0.25) is 0 Å². The predicted molar refractivity (Wildman–Crippen MR) is 69.7 cm³/mol. The number of rotatable bonds is 8. The van der Waals surface area contributed by atoms with Crippen LogP contribution in [0.25, 0.3) is 0 Å². The lowest BCUT2D eigenvalue weighted by Gasteiger charge is -2.06. The molecule has 1 rings (SSSR count). The lowest BCUT2D eigenvalue weighted by atomic mass is 10.2. The summed E-state index contributed by atoms with van der Waals surface area (Å²) in [5.41, 5.74) is 0.183. The minimum atomic E-state index is -3.55. The number of nitrogens with one attached hydrogen (secondary N) is 1. The molecule has 0 radical (unpaired) electrons. The second kappa shape index (κ2) is 7.84. The molecule has 0 aromatic carbocycles. The van der Waals surface area contributed by atoms with Crippen molar-refractivity contribution in [3.05, 3.63) is 24.0 Å². The van der Waals surface area contributed by atoms with Gasteiger partial charge < -0.3 is 5.11 Å². The minimum Gasteiger partial charge on any atom is -0.396 e. The van der Waals surface area contributed by atoms with Crippen LogP contribution in [0.15, 0.2) is 23.2 Å². The smallest absolute Gasteiger partial charge is 0.242 e. The summed E-state index contributed by atoms with van der Waals surface area (Å²) in [5, 5.41) is 17.2. The fraction of sp³-hybridized carbons (Fsp3) is 0.500. The van der Waals surface area contributed by atoms with Gasteiger partial charge in [-0.1, -0.05) is 12.8 Å². The second-order valence-electron chi connectivity index (χ2n) is 4.03. The van der Waals surface area contributed by atoms with E-state index in [0.717, 1.165) is 25.7 Å². The molecule has 0 aliphatic rings. The van der Waals surface area contributed by atoms with E-state index in [1.807, 2.05) is 6.07 Å². The van der Waals surface area contributed by atoms with E-state index in [2.05, 4.69) is 9.71 Å². The summed E-state index contributed by atoms with van der Waals surface area (Å²) in [6, 6.07) is 4.56. The number of hydrogen-bond acceptors (Lipinski definition) is 5. The average Bonchev–Trinajstić information content (AvgIpc) is 2.43. The molecule has 1 aromatic rings. The van der Waals surface area contributed by atoms with Gasteiger partial charge in [0.15, 0.2) is 0 Å². The van der Waals surface area contributed by atoms with Crippen molar-refractivity contribution in [2.24, 2.45) is 0 Å². The zero-order chi connectivity index (χ0) is 14.1. The van der Waals surface area contributed by atoms with E-state index >= 15 is 0 Å². The Morgan fingerprint density at radius 2 is 2.00 bits per heavy atom. The predicted octanol–water partition coefficient (Wildman–Crippen LogP) is 0.784. The number of aliphatic hydroxyl groups is 1. The molecule has 0 aliphatic heterocycles. The molecule has 0 spiro atoms. The largest absolute Gasteiger partial charge is 0.396 e. The standard InChI is InChI=1S/C12H17N3O3S/c13-9-11-5-6-12(10-14-11)19(17,18)15-7-3-1-2-4-8-16/h5-6,10,15-16H,1-4,7-8H2. The van der Waals surface area contributed by atoms with Crippen molar-refractivity contribution in [2.75, 3.05) is 13.2 Å². The molecule has 2 N–H and O–H groups in total. The summed E-state index contributed by atoms with van der Waals surface area (Å²) >= 11 is 0. The van der Waals surface area contributed by atoms with Crippen molar-refractivity contribution < 1.29 is 13.5 Å². The van der Waals surface area contributed by atoms with Crippen LogP contribution in [-0.4, -0.2) is 31.7 Å². The van der Waals surface area contributed by atoms with Crippen molar-refractivity contribution >= 4 is 10.0 Å². The lowest BCUT2D eigenvalue weighted by Crippen LogP contribution is -2.24. The van der Waals surface area contributed by atoms with Crippen LogP contribution in [0.4, 0.5) is 0 Å². The van der Waals surface area contributed by atoms with Gasteiger partial charge in [-0.25, -0.2) is 18.1 Å². The molecule has 0 fully saturated rings. The van der Waals surface area contributed by atoms with Gasteiger partial charge in [0.25, 0.3) is 0 Å². The van der Waals surface area contributed by atoms with E-state index in [1.54, 1.807) is 0 Å². The number of unbranched alkanes of at least 4 members (excludes halogenated alkanes) is 3. The van der Waals surface area contributed by atoms with Crippen molar-refractivity contribution in [2.45, 2.75) is 30.6 Å². The van der Waals surface area contributed by atoms with E-state index in [-0.39, 0.29) is 17.2 Å². The van der Waals surface area contributed by atoms with Gasteiger partial charge in [0.05, 0.1) is 0 Å². The summed E-state index contributed by atoms with van der Waals surface area (Å²) < 4.78 is 26.2. The minimum absolute atomic E-state index is 0.0573. The van der Waals surface area contributed by atoms with Crippen LogP contribution >= 0.6 is 0 Å². The van der Waals surface area contributed by atoms with Gasteiger partial charge >= 0.3 is 0 Å². The number of aromatic nitrogens is 1. The summed E-state index contributed by atoms with van der Waals surface area (Å²) in [4.78, 5) is 3.78. The zero-order valence-electron chi connectivity index (χ0n) is 10.5. The number of pyridine rings is 1. The first-order valence-corrected chi connectivity index (χ1v) is 7.55. The van der Waals surface area contributed by atoms with Crippen molar-refractivity contribution in [3.63, 3.8) is 0 Å². The Morgan fingerprint density at radius 1 is 1.26 bits per heavy atom. The maximum atomic E-state index is 11.8. The van der Waals surface area contributed by atoms with Crippen LogP contribution in [0.2, 0.25) is 0 Å². The first-order valence-electron chi connectivity index (χ1n) is 6.07. The molecule has 19 heavy (non-hydrogen) atoms. The highest BCUT2D eigenvalue weighted by molar-refractivity contribution is 7.89. The molecular formula is C12H17N3O3S. The van der Waals surface area contributed by atoms with Gasteiger partial charge in [0, 0.05) is 19.3 Å². The van der Waals surface area contributed by atoms with Gasteiger partial charge in [-0.05, 0) is 25.0 Å². The number of hydrogen-bond donors (Lipinski definition) is 2. The molecule has 0 amide bonds. The molecule has 1 heterocycles. The highest BCUT2D eigenvalue weighted by atomic mass is 32.2. The van der Waals surface area contributed by atoms with E-state index in [0.29, 0.717) is 6.54 Å². The molecule has 7 heteroatoms. The fourth-order valence-electron chi connectivity index (χ4n) is 1.49. The van der Waals surface area contributed by atoms with Gasteiger partial charge in [0.2, 0.25) is 10.0 Å². The van der Waals surface area contributed by atoms with Crippen LogP contribution in [0.5, 0.6) is 0 Å². The molecule has 0 saturated carbocycles. The van der Waals surface area contributed by atoms with Crippen LogP contribution in [0.1, 0.15) is 31.4 Å². The number of nitrogens with zero attached hydrogens (tertiary/aromatic N) is 2. The summed E-state index contributed by atoms with van der Waals surface area (Å²) in [6.45, 7) is 0.524. The van der Waals surface area contributed by atoms with Crippen LogP contribution < -0.4 is 4.72 Å². The molecule has 1 aromatic heterocycles. The Balaban J connectivity index is 2.45. The third-order valence-corrected chi connectivity index (χ3v) is 3.98. The van der Waals surface area contributed by atoms with Crippen molar-refractivity contribution in [3.8, 4) is 6.07 Å². The van der Waals surface area contributed by atoms with Crippen molar-refractivity contribution in [1.82, 2.24) is 9.71 Å². The van der Waals surface area contributed by atoms with E-state index in [1.165, 1.54) is 18.3 Å². The topological polar surface area (TPSA) is 103 Å². The maximum absolute atomic E-state index is 11.8. The Bertz CT molecular complexity index is 520. The normalized spacial score (nSPS) is 11.2. The number of sulfonamides is 1. The lowest BCUT2D eigenvalue weighted by molar-refractivity contribution is 0.282. The van der Waals surface area contributed by atoms with Gasteiger partial charge in [-0.15, -0.1) is 0 Å². The highest BCUT2D eigenvalue weighted by Gasteiger charge is 2.13. The third kappa shape index (κ3) is 5.34. The zero-order valence-corrected chi connectivity index (χ0v) is 11.4. The van der Waals surface area contributed by atoms with Gasteiger partial charge in [-0.2, -0.15) is 5.26 Å². The Morgan fingerprint density at radius 3 is 2.58 bits per heavy atom. The maximum Gasteiger partial charge on any atom is 0.242 e. The first-order chi connectivity index (χ1) is 9.10. The average molecular weight is 283 g/mol. The Hall–Kier alpha value is -1.49. The summed E-state index contributed by atoms with van der Waals surface area (Å²) in [7, 11) is -3.55. The summed E-state index contributed by atoms with van der Waals surface area (Å²) in [6.07, 6.45) is 4.40. The van der Waals surface area contributed by atoms with Crippen LogP contribution in [-0.2, 0) is 10.0 Å². The van der Waals surface area contributed by atoms with E-state index in [4.69, 9.17) is 10.4 Å². The quantitative estimate of drug-likeness (QED) is 0.686. The Kier molecular flexibility index (Phi) is 6.42. The van der Waals surface area contributed by atoms with E-state index < -0.39 is 10.0 Å². The third-order valence-electron chi connectivity index (χ3n) is 2.54. The first kappa shape index (κ1) is 15.6. The number of aliphatic hydroxyl groups excluding tert-OH is 1. The molecule has 0 saturated heterocycles. The van der Waals surface area contributed by atoms with Crippen LogP contribution in [0, 0.1) is 11.3 Å². The van der Waals surface area contributed by atoms with Gasteiger partial charge in [0.1, 0.15) is 16.7 Å². The fourth-order valence-corrected chi connectivity index (χ4v) is 2.50. The monoisotopic (exact) mass is 283 g/mol. The second-order valence-corrected chi connectivity index (χ2v) is 5.79. The Labute approximate surface area is 113 Å². The van der Waals surface area contributed by atoms with Crippen LogP contribution in [0.3, 0.4) is 0 Å².